The Morgan fingerprint density at radius 3 is 1.86 bits per heavy atom. The van der Waals surface area contributed by atoms with Crippen LogP contribution in [0.3, 0.4) is 0 Å². The summed E-state index contributed by atoms with van der Waals surface area (Å²) < 4.78 is -0.975. The Bertz CT molecular complexity index is 832. The zero-order chi connectivity index (χ0) is 21.9. The normalized spacial score (nSPS) is 17.7. The molecule has 0 fully saturated rings. The maximum absolute atomic E-state index is 12.3. The first kappa shape index (κ1) is 23.4. The zero-order valence-electron chi connectivity index (χ0n) is 16.2. The third-order valence-electron chi connectivity index (χ3n) is 5.09. The Morgan fingerprint density at radius 1 is 0.931 bits per heavy atom. The van der Waals surface area contributed by atoms with Crippen LogP contribution < -0.4 is 10.4 Å². The van der Waals surface area contributed by atoms with E-state index in [1.165, 1.54) is 26.8 Å². The molecule has 0 amide bonds. The van der Waals surface area contributed by atoms with E-state index in [0.717, 1.165) is 0 Å². The summed E-state index contributed by atoms with van der Waals surface area (Å²) in [6.45, 7) is 3.91. The fourth-order valence-electron chi connectivity index (χ4n) is 3.74. The maximum Gasteiger partial charge on any atom is 0.192 e. The zero-order valence-corrected chi connectivity index (χ0v) is 17.7. The number of carbonyl (C=O) groups is 1. The average Bonchev–Trinajstić information content (AvgIpc) is 2.62. The van der Waals surface area contributed by atoms with E-state index in [9.17, 15) is 25.2 Å². The van der Waals surface area contributed by atoms with Gasteiger partial charge in [0.2, 0.25) is 0 Å². The molecule has 0 bridgehead atoms. The monoisotopic (exact) mass is 442 g/mol. The Balaban J connectivity index is 2.71. The number of quaternary nitrogens is 1. The van der Waals surface area contributed by atoms with Crippen molar-refractivity contribution in [2.75, 3.05) is 5.32 Å². The van der Waals surface area contributed by atoms with Crippen molar-refractivity contribution in [1.82, 2.24) is 0 Å². The molecular formula is C20H24Cl2N2O5. The number of aliphatic hydroxyl groups excluding tert-OH is 3. The largest absolute Gasteiger partial charge is 0.544 e. The predicted octanol–water partition coefficient (Wildman–Crippen LogP) is 2.36. The summed E-state index contributed by atoms with van der Waals surface area (Å²) >= 11 is 12.4. The lowest BCUT2D eigenvalue weighted by molar-refractivity contribution is -1.06. The van der Waals surface area contributed by atoms with Crippen LogP contribution in [0.4, 0.5) is 11.4 Å². The second-order valence-electron chi connectivity index (χ2n) is 6.82. The number of benzene rings is 2. The van der Waals surface area contributed by atoms with Crippen molar-refractivity contribution in [1.29, 1.82) is 0 Å². The van der Waals surface area contributed by atoms with Gasteiger partial charge in [-0.3, -0.25) is 0 Å². The number of aliphatic carboxylic acids is 1. The molecule has 0 spiro atoms. The van der Waals surface area contributed by atoms with Crippen molar-refractivity contribution in [2.45, 2.75) is 45.5 Å². The van der Waals surface area contributed by atoms with Gasteiger partial charge in [0.25, 0.3) is 0 Å². The molecule has 0 saturated heterocycles. The standard InChI is InChI=1S/C20H24Cl2N2O5/c1-11(25)24(12(2)26,13(3)27)19(20(28)29)14-7-4-5-10-17(14)23-18-15(21)8-6-9-16(18)22/h4-13,19,23,25-27H,1-3H3. The second kappa shape index (κ2) is 9.30. The first-order valence-corrected chi connectivity index (χ1v) is 9.73. The lowest BCUT2D eigenvalue weighted by Gasteiger charge is -2.50. The summed E-state index contributed by atoms with van der Waals surface area (Å²) in [6, 6.07) is 9.68. The van der Waals surface area contributed by atoms with Crippen molar-refractivity contribution in [3.8, 4) is 0 Å². The van der Waals surface area contributed by atoms with E-state index in [4.69, 9.17) is 23.2 Å². The van der Waals surface area contributed by atoms with Gasteiger partial charge >= 0.3 is 0 Å². The minimum absolute atomic E-state index is 0.172. The van der Waals surface area contributed by atoms with Gasteiger partial charge in [0.1, 0.15) is 5.97 Å². The van der Waals surface area contributed by atoms with Gasteiger partial charge in [-0.1, -0.05) is 47.5 Å². The molecule has 2 rings (SSSR count). The highest BCUT2D eigenvalue weighted by Gasteiger charge is 2.51. The van der Waals surface area contributed by atoms with Crippen LogP contribution in [0.25, 0.3) is 0 Å². The van der Waals surface area contributed by atoms with E-state index in [1.54, 1.807) is 36.4 Å². The Kier molecular flexibility index (Phi) is 7.50. The van der Waals surface area contributed by atoms with Gasteiger partial charge in [0.05, 0.1) is 15.7 Å². The minimum atomic E-state index is -1.61. The highest BCUT2D eigenvalue weighted by atomic mass is 35.5. The van der Waals surface area contributed by atoms with Gasteiger partial charge in [0.15, 0.2) is 24.7 Å². The first-order chi connectivity index (χ1) is 13.5. The molecule has 29 heavy (non-hydrogen) atoms. The van der Waals surface area contributed by atoms with Crippen LogP contribution >= 0.6 is 23.2 Å². The quantitative estimate of drug-likeness (QED) is 0.368. The smallest absolute Gasteiger partial charge is 0.192 e. The van der Waals surface area contributed by atoms with E-state index < -0.39 is 35.2 Å². The number of anilines is 2. The van der Waals surface area contributed by atoms with Crippen LogP contribution in [0.2, 0.25) is 10.0 Å². The number of carbonyl (C=O) groups excluding carboxylic acids is 1. The fourth-order valence-corrected chi connectivity index (χ4v) is 4.23. The van der Waals surface area contributed by atoms with Crippen molar-refractivity contribution in [3.63, 3.8) is 0 Å². The lowest BCUT2D eigenvalue weighted by Crippen LogP contribution is -2.68. The first-order valence-electron chi connectivity index (χ1n) is 8.97. The highest BCUT2D eigenvalue weighted by Crippen LogP contribution is 2.41. The number of carboxylic acid groups (broad SMARTS) is 1. The molecule has 0 heterocycles. The molecule has 0 saturated carbocycles. The van der Waals surface area contributed by atoms with Crippen LogP contribution in [-0.2, 0) is 4.79 Å². The molecule has 7 nitrogen and oxygen atoms in total. The number of hydrogen-bond donors (Lipinski definition) is 4. The number of aliphatic hydroxyl groups is 3. The molecule has 4 unspecified atom stereocenters. The Morgan fingerprint density at radius 2 is 1.41 bits per heavy atom. The average molecular weight is 443 g/mol. The van der Waals surface area contributed by atoms with Crippen LogP contribution in [0.1, 0.15) is 32.4 Å². The van der Waals surface area contributed by atoms with Gasteiger partial charge in [0, 0.05) is 32.0 Å². The maximum atomic E-state index is 12.3. The molecule has 4 atom stereocenters. The van der Waals surface area contributed by atoms with E-state index in [-0.39, 0.29) is 5.56 Å². The third-order valence-corrected chi connectivity index (χ3v) is 5.72. The summed E-state index contributed by atoms with van der Waals surface area (Å²) in [7, 11) is 0. The molecule has 0 radical (unpaired) electrons. The van der Waals surface area contributed by atoms with Crippen LogP contribution in [-0.4, -0.2) is 44.5 Å². The number of hydrogen-bond acceptors (Lipinski definition) is 6. The Labute approximate surface area is 179 Å². The summed E-state index contributed by atoms with van der Waals surface area (Å²) in [5.74, 6) is -1.58. The van der Waals surface area contributed by atoms with E-state index >= 15 is 0 Å². The summed E-state index contributed by atoms with van der Waals surface area (Å²) in [6.07, 6.45) is -4.31. The molecule has 0 aromatic heterocycles. The predicted molar refractivity (Wildman–Crippen MR) is 109 cm³/mol. The molecule has 4 N–H and O–H groups in total. The lowest BCUT2D eigenvalue weighted by atomic mass is 9.98. The molecule has 2 aromatic rings. The third kappa shape index (κ3) is 4.35. The van der Waals surface area contributed by atoms with E-state index in [0.29, 0.717) is 21.4 Å². The summed E-state index contributed by atoms with van der Waals surface area (Å²) in [5.41, 5.74) is 0.858. The SMILES string of the molecule is CC(O)[N+](C(C)O)(C(C)O)C(C(=O)[O-])c1ccccc1Nc1c(Cl)cccc1Cl. The molecule has 158 valence electrons. The van der Waals surface area contributed by atoms with Gasteiger partial charge in [-0.05, 0) is 18.2 Å². The van der Waals surface area contributed by atoms with Crippen LogP contribution in [0.15, 0.2) is 42.5 Å². The molecule has 0 aliphatic rings. The van der Waals surface area contributed by atoms with E-state index in [2.05, 4.69) is 5.32 Å². The highest BCUT2D eigenvalue weighted by molar-refractivity contribution is 6.39. The summed E-state index contributed by atoms with van der Waals surface area (Å²) in [4.78, 5) is 12.3. The van der Waals surface area contributed by atoms with Gasteiger partial charge in [-0.2, -0.15) is 0 Å². The van der Waals surface area contributed by atoms with Gasteiger partial charge in [-0.25, -0.2) is 4.48 Å². The molecule has 9 heteroatoms. The minimum Gasteiger partial charge on any atom is -0.544 e. The number of para-hydroxylation sites is 2. The fraction of sp³-hybridized carbons (Fsp3) is 0.350. The van der Waals surface area contributed by atoms with Gasteiger partial charge < -0.3 is 30.5 Å². The van der Waals surface area contributed by atoms with Crippen LogP contribution in [0.5, 0.6) is 0 Å². The topological polar surface area (TPSA) is 113 Å². The number of rotatable bonds is 8. The number of nitrogens with zero attached hydrogens (tertiary/aromatic N) is 1. The molecule has 2 aromatic carbocycles. The summed E-state index contributed by atoms with van der Waals surface area (Å²) in [5, 5.41) is 47.3. The second-order valence-corrected chi connectivity index (χ2v) is 7.63. The van der Waals surface area contributed by atoms with Crippen molar-refractivity contribution >= 4 is 40.5 Å². The van der Waals surface area contributed by atoms with Crippen molar-refractivity contribution in [3.05, 3.63) is 58.1 Å². The van der Waals surface area contributed by atoms with Crippen molar-refractivity contribution in [2.24, 2.45) is 0 Å². The van der Waals surface area contributed by atoms with E-state index in [1.807, 2.05) is 0 Å². The number of nitrogens with one attached hydrogen (secondary N) is 1. The van der Waals surface area contributed by atoms with Crippen molar-refractivity contribution < 1.29 is 29.7 Å². The molecule has 0 aliphatic carbocycles. The Hall–Kier alpha value is -1.87. The van der Waals surface area contributed by atoms with Crippen LogP contribution in [0, 0.1) is 0 Å². The number of halogens is 2. The van der Waals surface area contributed by atoms with Gasteiger partial charge in [-0.15, -0.1) is 0 Å². The molecule has 0 aliphatic heterocycles. The molecular weight excluding hydrogens is 419 g/mol. The number of carboxylic acids is 1.